The van der Waals surface area contributed by atoms with Gasteiger partial charge in [-0.25, -0.2) is 0 Å². The molecular formula is C9H20O3. The van der Waals surface area contributed by atoms with E-state index in [1.165, 1.54) is 0 Å². The molecule has 0 rings (SSSR count). The van der Waals surface area contributed by atoms with Gasteiger partial charge in [-0.05, 0) is 12.8 Å². The van der Waals surface area contributed by atoms with Crippen molar-refractivity contribution in [3.05, 3.63) is 0 Å². The van der Waals surface area contributed by atoms with Gasteiger partial charge in [0.15, 0.2) is 0 Å². The molecule has 3 heteroatoms. The highest BCUT2D eigenvalue weighted by Gasteiger charge is 2.01. The lowest BCUT2D eigenvalue weighted by Crippen LogP contribution is -2.17. The highest BCUT2D eigenvalue weighted by atomic mass is 16.8. The molecule has 0 unspecified atom stereocenters. The van der Waals surface area contributed by atoms with Crippen LogP contribution in [0, 0.1) is 0 Å². The molecule has 0 amide bonds. The second-order valence-corrected chi connectivity index (χ2v) is 2.76. The molecule has 0 aliphatic rings. The van der Waals surface area contributed by atoms with Crippen molar-refractivity contribution in [3.8, 4) is 0 Å². The molecule has 0 saturated heterocycles. The van der Waals surface area contributed by atoms with E-state index >= 15 is 0 Å². The maximum Gasteiger partial charge on any atom is 0.269 e. The van der Waals surface area contributed by atoms with Crippen molar-refractivity contribution in [2.24, 2.45) is 0 Å². The Kier molecular flexibility index (Phi) is 8.88. The summed E-state index contributed by atoms with van der Waals surface area (Å²) in [6, 6.07) is 0. The molecule has 0 aliphatic carbocycles. The van der Waals surface area contributed by atoms with E-state index in [2.05, 4.69) is 13.8 Å². The van der Waals surface area contributed by atoms with Crippen molar-refractivity contribution in [1.82, 2.24) is 0 Å². The fraction of sp³-hybridized carbons (Fsp3) is 1.00. The summed E-state index contributed by atoms with van der Waals surface area (Å²) in [6.07, 6.45) is 4.08. The Bertz CT molecular complexity index is 75.8. The number of ether oxygens (including phenoxy) is 2. The van der Waals surface area contributed by atoms with Crippen molar-refractivity contribution in [2.45, 2.75) is 46.0 Å². The molecule has 0 aliphatic heterocycles. The second-order valence-electron chi connectivity index (χ2n) is 2.76. The van der Waals surface area contributed by atoms with Gasteiger partial charge in [-0.15, -0.1) is 0 Å². The summed E-state index contributed by atoms with van der Waals surface area (Å²) in [4.78, 5) is 0. The van der Waals surface area contributed by atoms with Crippen LogP contribution in [0.5, 0.6) is 0 Å². The predicted molar refractivity (Wildman–Crippen MR) is 47.7 cm³/mol. The zero-order valence-electron chi connectivity index (χ0n) is 8.08. The van der Waals surface area contributed by atoms with Crippen LogP contribution in [0.15, 0.2) is 0 Å². The lowest BCUT2D eigenvalue weighted by molar-refractivity contribution is -0.263. The van der Waals surface area contributed by atoms with E-state index in [9.17, 15) is 0 Å². The lowest BCUT2D eigenvalue weighted by atomic mass is 10.4. The quantitative estimate of drug-likeness (QED) is 0.453. The van der Waals surface area contributed by atoms with Gasteiger partial charge in [0.25, 0.3) is 6.48 Å². The molecule has 0 bridgehead atoms. The van der Waals surface area contributed by atoms with E-state index in [1.807, 2.05) is 0 Å². The average molecular weight is 176 g/mol. The van der Waals surface area contributed by atoms with Crippen LogP contribution in [0.1, 0.15) is 39.5 Å². The molecular weight excluding hydrogens is 156 g/mol. The van der Waals surface area contributed by atoms with Crippen molar-refractivity contribution in [2.75, 3.05) is 13.2 Å². The summed E-state index contributed by atoms with van der Waals surface area (Å²) in [5, 5.41) is 9.06. The minimum Gasteiger partial charge on any atom is -0.346 e. The summed E-state index contributed by atoms with van der Waals surface area (Å²) in [5.74, 6) is 0. The Morgan fingerprint density at radius 2 is 1.42 bits per heavy atom. The van der Waals surface area contributed by atoms with E-state index < -0.39 is 6.48 Å². The SMILES string of the molecule is CCCCOC(O)OCCCC. The largest absolute Gasteiger partial charge is 0.346 e. The fourth-order valence-electron chi connectivity index (χ4n) is 0.705. The van der Waals surface area contributed by atoms with Crippen molar-refractivity contribution < 1.29 is 14.6 Å². The van der Waals surface area contributed by atoms with Gasteiger partial charge in [-0.3, -0.25) is 0 Å². The Balaban J connectivity index is 3.04. The van der Waals surface area contributed by atoms with E-state index in [1.54, 1.807) is 0 Å². The average Bonchev–Trinajstić information content (AvgIpc) is 2.06. The van der Waals surface area contributed by atoms with Crippen LogP contribution in [0.3, 0.4) is 0 Å². The zero-order valence-corrected chi connectivity index (χ0v) is 8.08. The van der Waals surface area contributed by atoms with Crippen LogP contribution in [0.2, 0.25) is 0 Å². The maximum atomic E-state index is 9.06. The molecule has 12 heavy (non-hydrogen) atoms. The molecule has 0 saturated carbocycles. The van der Waals surface area contributed by atoms with Crippen LogP contribution >= 0.6 is 0 Å². The van der Waals surface area contributed by atoms with Gasteiger partial charge in [-0.1, -0.05) is 26.7 Å². The van der Waals surface area contributed by atoms with Gasteiger partial charge in [-0.2, -0.15) is 0 Å². The molecule has 0 fully saturated rings. The number of unbranched alkanes of at least 4 members (excludes halogenated alkanes) is 2. The third-order valence-corrected chi connectivity index (χ3v) is 1.52. The predicted octanol–water partition coefficient (Wildman–Crippen LogP) is 1.90. The first-order chi connectivity index (χ1) is 5.81. The minimum absolute atomic E-state index is 0.573. The summed E-state index contributed by atoms with van der Waals surface area (Å²) in [7, 11) is 0. The summed E-state index contributed by atoms with van der Waals surface area (Å²) in [5.41, 5.74) is 0. The van der Waals surface area contributed by atoms with Gasteiger partial charge < -0.3 is 14.6 Å². The van der Waals surface area contributed by atoms with Gasteiger partial charge in [0, 0.05) is 0 Å². The number of aliphatic hydroxyl groups is 1. The first-order valence-corrected chi connectivity index (χ1v) is 4.72. The van der Waals surface area contributed by atoms with Gasteiger partial charge in [0.05, 0.1) is 13.2 Å². The summed E-state index contributed by atoms with van der Waals surface area (Å²) < 4.78 is 9.92. The standard InChI is InChI=1S/C9H20O3/c1-3-5-7-11-9(10)12-8-6-4-2/h9-10H,3-8H2,1-2H3. The molecule has 1 N–H and O–H groups in total. The monoisotopic (exact) mass is 176 g/mol. The van der Waals surface area contributed by atoms with E-state index in [0.717, 1.165) is 25.7 Å². The van der Waals surface area contributed by atoms with Crippen LogP contribution in [0.4, 0.5) is 0 Å². The molecule has 0 radical (unpaired) electrons. The molecule has 0 aromatic heterocycles. The molecule has 74 valence electrons. The van der Waals surface area contributed by atoms with Crippen molar-refractivity contribution in [3.63, 3.8) is 0 Å². The van der Waals surface area contributed by atoms with E-state index in [0.29, 0.717) is 13.2 Å². The van der Waals surface area contributed by atoms with Crippen LogP contribution in [-0.2, 0) is 9.47 Å². The Labute approximate surface area is 74.7 Å². The summed E-state index contributed by atoms with van der Waals surface area (Å²) >= 11 is 0. The molecule has 0 aromatic rings. The van der Waals surface area contributed by atoms with E-state index in [4.69, 9.17) is 14.6 Å². The first kappa shape index (κ1) is 11.9. The number of rotatable bonds is 8. The number of aliphatic hydroxyl groups excluding tert-OH is 1. The van der Waals surface area contributed by atoms with E-state index in [-0.39, 0.29) is 0 Å². The Hall–Kier alpha value is -0.120. The zero-order chi connectivity index (χ0) is 9.23. The Morgan fingerprint density at radius 1 is 1.00 bits per heavy atom. The minimum atomic E-state index is -1.02. The first-order valence-electron chi connectivity index (χ1n) is 4.72. The molecule has 0 heterocycles. The van der Waals surface area contributed by atoms with Crippen LogP contribution in [0.25, 0.3) is 0 Å². The molecule has 0 aromatic carbocycles. The summed E-state index contributed by atoms with van der Waals surface area (Å²) in [6.45, 7) is 4.28. The molecule has 0 atom stereocenters. The number of hydrogen-bond acceptors (Lipinski definition) is 3. The smallest absolute Gasteiger partial charge is 0.269 e. The third kappa shape index (κ3) is 7.98. The molecule has 3 nitrogen and oxygen atoms in total. The Morgan fingerprint density at radius 3 is 1.75 bits per heavy atom. The third-order valence-electron chi connectivity index (χ3n) is 1.52. The second kappa shape index (κ2) is 8.97. The van der Waals surface area contributed by atoms with Gasteiger partial charge >= 0.3 is 0 Å². The topological polar surface area (TPSA) is 38.7 Å². The lowest BCUT2D eigenvalue weighted by Gasteiger charge is -2.11. The molecule has 0 spiro atoms. The maximum absolute atomic E-state index is 9.06. The normalized spacial score (nSPS) is 11.0. The van der Waals surface area contributed by atoms with Crippen molar-refractivity contribution in [1.29, 1.82) is 0 Å². The van der Waals surface area contributed by atoms with Crippen LogP contribution in [-0.4, -0.2) is 24.8 Å². The number of hydrogen-bond donors (Lipinski definition) is 1. The van der Waals surface area contributed by atoms with Gasteiger partial charge in [0.1, 0.15) is 0 Å². The van der Waals surface area contributed by atoms with Crippen LogP contribution < -0.4 is 0 Å². The highest BCUT2D eigenvalue weighted by Crippen LogP contribution is 1.96. The fourth-order valence-corrected chi connectivity index (χ4v) is 0.705. The van der Waals surface area contributed by atoms with Crippen molar-refractivity contribution >= 4 is 0 Å². The highest BCUT2D eigenvalue weighted by molar-refractivity contribution is 4.33. The van der Waals surface area contributed by atoms with Gasteiger partial charge in [0.2, 0.25) is 0 Å².